The van der Waals surface area contributed by atoms with E-state index in [0.29, 0.717) is 28.6 Å². The number of hydrogen-bond donors (Lipinski definition) is 1. The maximum Gasteiger partial charge on any atom is 0.243 e. The summed E-state index contributed by atoms with van der Waals surface area (Å²) in [6, 6.07) is 30.2. The number of hydrogen-bond acceptors (Lipinski definition) is 4. The van der Waals surface area contributed by atoms with Crippen molar-refractivity contribution in [3.05, 3.63) is 125 Å². The minimum absolute atomic E-state index is 0.0461. The zero-order valence-corrected chi connectivity index (χ0v) is 21.9. The first kappa shape index (κ1) is 26.4. The van der Waals surface area contributed by atoms with Crippen LogP contribution in [0.2, 0.25) is 5.02 Å². The molecule has 0 aromatic heterocycles. The Morgan fingerprint density at radius 3 is 2.19 bits per heavy atom. The van der Waals surface area contributed by atoms with E-state index in [1.165, 1.54) is 12.1 Å². The largest absolute Gasteiger partial charge is 0.489 e. The molecular formula is C29H27ClN2O4S. The van der Waals surface area contributed by atoms with E-state index in [0.717, 1.165) is 15.4 Å². The topological polar surface area (TPSA) is 75.7 Å². The average Bonchev–Trinajstić information content (AvgIpc) is 2.90. The summed E-state index contributed by atoms with van der Waals surface area (Å²) in [5.41, 5.74) is 3.12. The number of anilines is 1. The molecule has 0 spiro atoms. The van der Waals surface area contributed by atoms with E-state index >= 15 is 0 Å². The number of halogens is 1. The van der Waals surface area contributed by atoms with Gasteiger partial charge in [-0.3, -0.25) is 4.79 Å². The highest BCUT2D eigenvalue weighted by Crippen LogP contribution is 2.23. The smallest absolute Gasteiger partial charge is 0.243 e. The monoisotopic (exact) mass is 534 g/mol. The van der Waals surface area contributed by atoms with Crippen molar-refractivity contribution < 1.29 is 17.9 Å². The van der Waals surface area contributed by atoms with Crippen molar-refractivity contribution >= 4 is 33.2 Å². The molecule has 0 fully saturated rings. The summed E-state index contributed by atoms with van der Waals surface area (Å²) in [4.78, 5) is 13.1. The molecule has 0 heterocycles. The molecule has 0 unspecified atom stereocenters. The van der Waals surface area contributed by atoms with Crippen molar-refractivity contribution in [1.29, 1.82) is 0 Å². The van der Waals surface area contributed by atoms with Gasteiger partial charge >= 0.3 is 0 Å². The molecule has 4 aromatic carbocycles. The summed E-state index contributed by atoms with van der Waals surface area (Å²) in [5, 5.41) is 3.20. The molecule has 0 aliphatic carbocycles. The maximum absolute atomic E-state index is 13.5. The molecule has 4 aromatic rings. The van der Waals surface area contributed by atoms with Crippen molar-refractivity contribution in [2.75, 3.05) is 11.9 Å². The van der Waals surface area contributed by atoms with Crippen LogP contribution in [0.15, 0.2) is 108 Å². The van der Waals surface area contributed by atoms with Gasteiger partial charge in [0.05, 0.1) is 11.4 Å². The number of nitrogens with one attached hydrogen (secondary N) is 1. The number of nitrogens with zero attached hydrogens (tertiary/aromatic N) is 1. The summed E-state index contributed by atoms with van der Waals surface area (Å²) >= 11 is 6.30. The van der Waals surface area contributed by atoms with Gasteiger partial charge in [0.2, 0.25) is 15.9 Å². The van der Waals surface area contributed by atoms with E-state index in [1.54, 1.807) is 60.7 Å². The third-order valence-corrected chi connectivity index (χ3v) is 7.84. The Balaban J connectivity index is 1.46. The molecule has 0 bridgehead atoms. The quantitative estimate of drug-likeness (QED) is 0.268. The lowest BCUT2D eigenvalue weighted by Crippen LogP contribution is -2.37. The van der Waals surface area contributed by atoms with Gasteiger partial charge in [0.15, 0.2) is 0 Å². The SMILES string of the molecule is Cc1ccc(S(=O)(=O)N(CC(=O)Nc2ccc(OCc3ccccc3)cc2)Cc2ccccc2Cl)cc1. The molecule has 0 saturated heterocycles. The minimum atomic E-state index is -3.97. The first-order chi connectivity index (χ1) is 17.8. The Kier molecular flexibility index (Phi) is 8.61. The molecule has 0 aliphatic heterocycles. The van der Waals surface area contributed by atoms with Crippen LogP contribution in [-0.4, -0.2) is 25.2 Å². The van der Waals surface area contributed by atoms with Gasteiger partial charge in [0, 0.05) is 17.3 Å². The molecule has 6 nitrogen and oxygen atoms in total. The van der Waals surface area contributed by atoms with Gasteiger partial charge in [0.1, 0.15) is 12.4 Å². The maximum atomic E-state index is 13.5. The highest BCUT2D eigenvalue weighted by Gasteiger charge is 2.27. The number of rotatable bonds is 10. The second kappa shape index (κ2) is 12.1. The lowest BCUT2D eigenvalue weighted by Gasteiger charge is -2.22. The predicted octanol–water partition coefficient (Wildman–Crippen LogP) is 6.06. The third-order valence-electron chi connectivity index (χ3n) is 5.67. The molecular weight excluding hydrogens is 508 g/mol. The number of sulfonamides is 1. The lowest BCUT2D eigenvalue weighted by atomic mass is 10.2. The highest BCUT2D eigenvalue weighted by atomic mass is 35.5. The fraction of sp³-hybridized carbons (Fsp3) is 0.138. The first-order valence-corrected chi connectivity index (χ1v) is 13.5. The zero-order valence-electron chi connectivity index (χ0n) is 20.3. The molecule has 0 atom stereocenters. The second-order valence-corrected chi connectivity index (χ2v) is 10.9. The summed E-state index contributed by atoms with van der Waals surface area (Å²) in [7, 11) is -3.97. The lowest BCUT2D eigenvalue weighted by molar-refractivity contribution is -0.116. The van der Waals surface area contributed by atoms with E-state index < -0.39 is 15.9 Å². The Bertz CT molecular complexity index is 1440. The molecule has 190 valence electrons. The van der Waals surface area contributed by atoms with Crippen LogP contribution in [0, 0.1) is 6.92 Å². The van der Waals surface area contributed by atoms with Gasteiger partial charge in [-0.2, -0.15) is 4.31 Å². The van der Waals surface area contributed by atoms with E-state index in [1.807, 2.05) is 37.3 Å². The molecule has 0 radical (unpaired) electrons. The van der Waals surface area contributed by atoms with Gasteiger partial charge in [-0.1, -0.05) is 77.8 Å². The molecule has 1 N–H and O–H groups in total. The Morgan fingerprint density at radius 1 is 0.865 bits per heavy atom. The van der Waals surface area contributed by atoms with E-state index in [9.17, 15) is 13.2 Å². The van der Waals surface area contributed by atoms with Crippen molar-refractivity contribution in [1.82, 2.24) is 4.31 Å². The van der Waals surface area contributed by atoms with Crippen LogP contribution >= 0.6 is 11.6 Å². The van der Waals surface area contributed by atoms with Crippen molar-refractivity contribution in [2.24, 2.45) is 0 Å². The molecule has 8 heteroatoms. The van der Waals surface area contributed by atoms with Gasteiger partial charge in [-0.05, 0) is 60.5 Å². The fourth-order valence-corrected chi connectivity index (χ4v) is 5.21. The van der Waals surface area contributed by atoms with Gasteiger partial charge in [-0.25, -0.2) is 8.42 Å². The van der Waals surface area contributed by atoms with E-state index in [-0.39, 0.29) is 18.0 Å². The van der Waals surface area contributed by atoms with Crippen LogP contribution in [0.25, 0.3) is 0 Å². The van der Waals surface area contributed by atoms with Crippen LogP contribution in [0.3, 0.4) is 0 Å². The standard InChI is InChI=1S/C29H27ClN2O4S/c1-22-11-17-27(18-12-22)37(34,35)32(19-24-9-5-6-10-28(24)30)20-29(33)31-25-13-15-26(16-14-25)36-21-23-7-3-2-4-8-23/h2-18H,19-21H2,1H3,(H,31,33). The second-order valence-electron chi connectivity index (χ2n) is 8.52. The Hall–Kier alpha value is -3.65. The Labute approximate surface area is 222 Å². The summed E-state index contributed by atoms with van der Waals surface area (Å²) in [6.07, 6.45) is 0. The number of benzene rings is 4. The van der Waals surface area contributed by atoms with Crippen LogP contribution in [0.5, 0.6) is 5.75 Å². The van der Waals surface area contributed by atoms with Crippen LogP contribution in [-0.2, 0) is 28.0 Å². The first-order valence-electron chi connectivity index (χ1n) is 11.7. The van der Waals surface area contributed by atoms with Gasteiger partial charge < -0.3 is 10.1 Å². The number of carbonyl (C=O) groups is 1. The summed E-state index contributed by atoms with van der Waals surface area (Å²) in [6.45, 7) is 1.88. The highest BCUT2D eigenvalue weighted by molar-refractivity contribution is 7.89. The summed E-state index contributed by atoms with van der Waals surface area (Å²) < 4.78 is 33.8. The molecule has 0 aliphatic rings. The van der Waals surface area contributed by atoms with Crippen molar-refractivity contribution in [3.8, 4) is 5.75 Å². The van der Waals surface area contributed by atoms with Crippen LogP contribution in [0.1, 0.15) is 16.7 Å². The number of carbonyl (C=O) groups excluding carboxylic acids is 1. The fourth-order valence-electron chi connectivity index (χ4n) is 3.64. The Morgan fingerprint density at radius 2 is 1.51 bits per heavy atom. The minimum Gasteiger partial charge on any atom is -0.489 e. The van der Waals surface area contributed by atoms with Gasteiger partial charge in [-0.15, -0.1) is 0 Å². The normalized spacial score (nSPS) is 11.3. The van der Waals surface area contributed by atoms with E-state index in [4.69, 9.17) is 16.3 Å². The van der Waals surface area contributed by atoms with Crippen LogP contribution < -0.4 is 10.1 Å². The molecule has 1 amide bonds. The van der Waals surface area contributed by atoms with Crippen molar-refractivity contribution in [3.63, 3.8) is 0 Å². The van der Waals surface area contributed by atoms with E-state index in [2.05, 4.69) is 5.32 Å². The zero-order chi connectivity index (χ0) is 26.3. The molecule has 0 saturated carbocycles. The van der Waals surface area contributed by atoms with Crippen molar-refractivity contribution in [2.45, 2.75) is 25.0 Å². The third kappa shape index (κ3) is 7.20. The van der Waals surface area contributed by atoms with Crippen LogP contribution in [0.4, 0.5) is 5.69 Å². The number of amides is 1. The predicted molar refractivity (Wildman–Crippen MR) is 146 cm³/mol. The average molecular weight is 535 g/mol. The molecule has 37 heavy (non-hydrogen) atoms. The number of aryl methyl sites for hydroxylation is 1. The van der Waals surface area contributed by atoms with Gasteiger partial charge in [0.25, 0.3) is 0 Å². The summed E-state index contributed by atoms with van der Waals surface area (Å²) in [5.74, 6) is 0.185. The molecule has 4 rings (SSSR count). The number of ether oxygens (including phenoxy) is 1.